The van der Waals surface area contributed by atoms with Gasteiger partial charge in [-0.3, -0.25) is 4.57 Å². The zero-order chi connectivity index (χ0) is 24.6. The van der Waals surface area contributed by atoms with E-state index in [4.69, 9.17) is 0 Å². The van der Waals surface area contributed by atoms with E-state index in [1.807, 2.05) is 55.5 Å². The highest BCUT2D eigenvalue weighted by molar-refractivity contribution is 5.96. The second-order valence-corrected chi connectivity index (χ2v) is 8.54. The van der Waals surface area contributed by atoms with Gasteiger partial charge in [0.1, 0.15) is 5.75 Å². The minimum Gasteiger partial charge on any atom is -0.507 e. The maximum Gasteiger partial charge on any atom is 0.337 e. The first kappa shape index (κ1) is 22.2. The van der Waals surface area contributed by atoms with Gasteiger partial charge in [-0.25, -0.2) is 4.79 Å². The van der Waals surface area contributed by atoms with Crippen molar-refractivity contribution in [1.82, 2.24) is 4.57 Å². The van der Waals surface area contributed by atoms with Crippen LogP contribution in [-0.4, -0.2) is 31.4 Å². The zero-order valence-corrected chi connectivity index (χ0v) is 19.0. The van der Waals surface area contributed by atoms with Crippen molar-refractivity contribution in [3.63, 3.8) is 0 Å². The van der Waals surface area contributed by atoms with Crippen LogP contribution in [0.25, 0.3) is 22.2 Å². The van der Waals surface area contributed by atoms with Gasteiger partial charge in [-0.2, -0.15) is 5.11 Å². The molecule has 3 N–H and O–H groups in total. The first-order valence-electron chi connectivity index (χ1n) is 11.1. The minimum absolute atomic E-state index is 0.00279. The summed E-state index contributed by atoms with van der Waals surface area (Å²) in [7, 11) is 0. The number of aromatic hydroxyl groups is 2. The van der Waals surface area contributed by atoms with Crippen LogP contribution in [0.2, 0.25) is 0 Å². The van der Waals surface area contributed by atoms with Gasteiger partial charge in [0.25, 0.3) is 0 Å². The van der Waals surface area contributed by atoms with Gasteiger partial charge in [-0.1, -0.05) is 60.7 Å². The van der Waals surface area contributed by atoms with Gasteiger partial charge < -0.3 is 15.3 Å². The first-order valence-corrected chi connectivity index (χ1v) is 11.1. The topological polar surface area (TPSA) is 107 Å². The Labute approximate surface area is 201 Å². The highest BCUT2D eigenvalue weighted by Gasteiger charge is 2.39. The Morgan fingerprint density at radius 1 is 1.00 bits per heavy atom. The smallest absolute Gasteiger partial charge is 0.337 e. The van der Waals surface area contributed by atoms with Crippen molar-refractivity contribution < 1.29 is 20.1 Å². The number of carbonyl (C=O) groups is 1. The van der Waals surface area contributed by atoms with Crippen LogP contribution in [0, 0.1) is 6.92 Å². The lowest BCUT2D eigenvalue weighted by atomic mass is 9.84. The van der Waals surface area contributed by atoms with Crippen LogP contribution in [-0.2, 0) is 4.79 Å². The predicted molar refractivity (Wildman–Crippen MR) is 134 cm³/mol. The fourth-order valence-electron chi connectivity index (χ4n) is 4.40. The standard InChI is InChI=1S/C28H23N3O4/c1-18-8-6-10-20(16-18)31-23-13-4-2-12-22(23)25(26(31)33)29-30-28(27(34)35)15-7-9-19(17-28)21-11-3-5-14-24(21)32/h2-16,32-33H,17H2,1H3,(H,34,35). The largest absolute Gasteiger partial charge is 0.507 e. The van der Waals surface area contributed by atoms with Crippen LogP contribution in [0.1, 0.15) is 17.5 Å². The molecule has 3 aromatic carbocycles. The van der Waals surface area contributed by atoms with E-state index in [0.717, 1.165) is 16.8 Å². The molecule has 0 radical (unpaired) electrons. The second-order valence-electron chi connectivity index (χ2n) is 8.54. The average Bonchev–Trinajstić information content (AvgIpc) is 3.14. The molecule has 5 rings (SSSR count). The van der Waals surface area contributed by atoms with Crippen molar-refractivity contribution >= 4 is 28.1 Å². The van der Waals surface area contributed by atoms with Crippen molar-refractivity contribution in [2.45, 2.75) is 18.9 Å². The van der Waals surface area contributed by atoms with E-state index in [1.165, 1.54) is 6.08 Å². The van der Waals surface area contributed by atoms with Gasteiger partial charge in [0.05, 0.1) is 5.52 Å². The Kier molecular flexibility index (Phi) is 5.45. The molecule has 0 spiro atoms. The summed E-state index contributed by atoms with van der Waals surface area (Å²) >= 11 is 0. The molecular weight excluding hydrogens is 442 g/mol. The molecule has 0 fully saturated rings. The Hall–Kier alpha value is -4.65. The van der Waals surface area contributed by atoms with Crippen LogP contribution in [0.5, 0.6) is 11.6 Å². The summed E-state index contributed by atoms with van der Waals surface area (Å²) in [5.74, 6) is -1.25. The van der Waals surface area contributed by atoms with E-state index in [-0.39, 0.29) is 23.7 Å². The van der Waals surface area contributed by atoms with Gasteiger partial charge in [0.2, 0.25) is 11.4 Å². The van der Waals surface area contributed by atoms with Gasteiger partial charge in [-0.05, 0) is 48.4 Å². The molecular formula is C28H23N3O4. The number of rotatable bonds is 5. The predicted octanol–water partition coefficient (Wildman–Crippen LogP) is 6.30. The average molecular weight is 466 g/mol. The molecule has 0 saturated carbocycles. The number of hydrogen-bond acceptors (Lipinski definition) is 5. The molecule has 1 atom stereocenters. The lowest BCUT2D eigenvalue weighted by Crippen LogP contribution is -2.35. The maximum absolute atomic E-state index is 12.4. The van der Waals surface area contributed by atoms with Crippen LogP contribution >= 0.6 is 0 Å². The van der Waals surface area contributed by atoms with Gasteiger partial charge in [0, 0.05) is 23.1 Å². The molecule has 0 amide bonds. The summed E-state index contributed by atoms with van der Waals surface area (Å²) in [6, 6.07) is 21.8. The molecule has 7 nitrogen and oxygen atoms in total. The summed E-state index contributed by atoms with van der Waals surface area (Å²) in [6.07, 6.45) is 4.83. The SMILES string of the molecule is Cc1cccc(-n2c(O)c(N=NC3(C(=O)O)C=CC=C(c4ccccc4O)C3)c3ccccc32)c1. The monoisotopic (exact) mass is 465 g/mol. The Bertz CT molecular complexity index is 1550. The molecule has 0 bridgehead atoms. The number of carboxylic acids is 1. The third kappa shape index (κ3) is 3.87. The van der Waals surface area contributed by atoms with E-state index in [9.17, 15) is 20.1 Å². The van der Waals surface area contributed by atoms with Crippen molar-refractivity contribution in [2.24, 2.45) is 10.2 Å². The molecule has 0 aliphatic heterocycles. The number of phenolic OH excluding ortho intramolecular Hbond substituents is 1. The van der Waals surface area contributed by atoms with Crippen molar-refractivity contribution in [3.8, 4) is 17.3 Å². The normalized spacial score (nSPS) is 17.7. The Balaban J connectivity index is 1.60. The number of nitrogens with zero attached hydrogens (tertiary/aromatic N) is 3. The number of phenols is 1. The van der Waals surface area contributed by atoms with Crippen molar-refractivity contribution in [1.29, 1.82) is 0 Å². The molecule has 0 saturated heterocycles. The highest BCUT2D eigenvalue weighted by atomic mass is 16.4. The minimum atomic E-state index is -1.69. The summed E-state index contributed by atoms with van der Waals surface area (Å²) in [5, 5.41) is 40.8. The van der Waals surface area contributed by atoms with Gasteiger partial charge in [-0.15, -0.1) is 5.11 Å². The molecule has 4 aromatic rings. The van der Waals surface area contributed by atoms with Gasteiger partial charge >= 0.3 is 5.97 Å². The van der Waals surface area contributed by atoms with E-state index in [0.29, 0.717) is 16.5 Å². The van der Waals surface area contributed by atoms with Crippen molar-refractivity contribution in [3.05, 3.63) is 102 Å². The number of aromatic nitrogens is 1. The van der Waals surface area contributed by atoms with Crippen molar-refractivity contribution in [2.75, 3.05) is 0 Å². The number of hydrogen-bond donors (Lipinski definition) is 3. The van der Waals surface area contributed by atoms with Crippen LogP contribution in [0.4, 0.5) is 5.69 Å². The number of aliphatic carboxylic acids is 1. The fourth-order valence-corrected chi connectivity index (χ4v) is 4.40. The molecule has 7 heteroatoms. The lowest BCUT2D eigenvalue weighted by Gasteiger charge is -2.25. The Morgan fingerprint density at radius 3 is 2.54 bits per heavy atom. The molecule has 1 aromatic heterocycles. The number of fused-ring (bicyclic) bond motifs is 1. The summed E-state index contributed by atoms with van der Waals surface area (Å²) in [5.41, 5.74) is 2.18. The quantitative estimate of drug-likeness (QED) is 0.301. The number of aryl methyl sites for hydroxylation is 1. The molecule has 1 aliphatic rings. The van der Waals surface area contributed by atoms with E-state index in [1.54, 1.807) is 41.0 Å². The number of para-hydroxylation sites is 2. The fraction of sp³-hybridized carbons (Fsp3) is 0.107. The van der Waals surface area contributed by atoms with E-state index >= 15 is 0 Å². The third-order valence-electron chi connectivity index (χ3n) is 6.16. The molecule has 1 heterocycles. The third-order valence-corrected chi connectivity index (χ3v) is 6.16. The summed E-state index contributed by atoms with van der Waals surface area (Å²) in [4.78, 5) is 12.4. The highest BCUT2D eigenvalue weighted by Crippen LogP contribution is 2.43. The van der Waals surface area contributed by atoms with Gasteiger partial charge in [0.15, 0.2) is 5.69 Å². The molecule has 174 valence electrons. The summed E-state index contributed by atoms with van der Waals surface area (Å²) in [6.45, 7) is 1.97. The maximum atomic E-state index is 12.4. The summed E-state index contributed by atoms with van der Waals surface area (Å²) < 4.78 is 1.67. The van der Waals surface area contributed by atoms with Crippen LogP contribution in [0.15, 0.2) is 101 Å². The molecule has 1 unspecified atom stereocenters. The second kappa shape index (κ2) is 8.61. The van der Waals surface area contributed by atoms with E-state index < -0.39 is 11.5 Å². The number of allylic oxidation sites excluding steroid dienone is 2. The van der Waals surface area contributed by atoms with E-state index in [2.05, 4.69) is 10.2 Å². The van der Waals surface area contributed by atoms with Crippen LogP contribution in [0.3, 0.4) is 0 Å². The lowest BCUT2D eigenvalue weighted by molar-refractivity contribution is -0.141. The first-order chi connectivity index (χ1) is 16.9. The molecule has 1 aliphatic carbocycles. The number of azo groups is 1. The zero-order valence-electron chi connectivity index (χ0n) is 19.0. The number of carboxylic acid groups (broad SMARTS) is 1. The Morgan fingerprint density at radius 2 is 1.77 bits per heavy atom. The van der Waals surface area contributed by atoms with Crippen LogP contribution < -0.4 is 0 Å². The molecule has 35 heavy (non-hydrogen) atoms. The number of benzene rings is 3.